The van der Waals surface area contributed by atoms with E-state index in [1.807, 2.05) is 41.5 Å². The maximum atomic E-state index is 2.54. The van der Waals surface area contributed by atoms with Gasteiger partial charge in [-0.1, -0.05) is 239 Å². The lowest BCUT2D eigenvalue weighted by Crippen LogP contribution is -2.20. The highest BCUT2D eigenvalue weighted by atomic mass is 14.4. The topological polar surface area (TPSA) is 0 Å². The van der Waals surface area contributed by atoms with E-state index in [-0.39, 0.29) is 16.7 Å². The van der Waals surface area contributed by atoms with Crippen LogP contribution in [-0.4, -0.2) is 0 Å². The average molecular weight is 877 g/mol. The zero-order valence-corrected chi connectivity index (χ0v) is 42.5. The lowest BCUT2D eigenvalue weighted by Gasteiger charge is -2.31. The molecule has 0 heterocycles. The number of allylic oxidation sites excluding steroid dienone is 12. The van der Waals surface area contributed by atoms with E-state index >= 15 is 0 Å². The minimum absolute atomic E-state index is 0.0185. The highest BCUT2D eigenvalue weighted by Crippen LogP contribution is 2.57. The van der Waals surface area contributed by atoms with Gasteiger partial charge in [0.05, 0.1) is 0 Å². The Morgan fingerprint density at radius 3 is 1.88 bits per heavy atom. The van der Waals surface area contributed by atoms with Crippen LogP contribution in [0.2, 0.25) is 0 Å². The number of rotatable bonds is 7. The third kappa shape index (κ3) is 8.01. The fourth-order valence-corrected chi connectivity index (χ4v) is 11.9. The molecule has 340 valence electrons. The summed E-state index contributed by atoms with van der Waals surface area (Å²) < 4.78 is 0. The molecule has 0 aromatic heterocycles. The van der Waals surface area contributed by atoms with Gasteiger partial charge in [0.25, 0.3) is 0 Å². The van der Waals surface area contributed by atoms with Gasteiger partial charge in [-0.25, -0.2) is 0 Å². The molecule has 0 radical (unpaired) electrons. The van der Waals surface area contributed by atoms with Crippen molar-refractivity contribution in [3.63, 3.8) is 0 Å². The van der Waals surface area contributed by atoms with Crippen molar-refractivity contribution < 1.29 is 0 Å². The summed E-state index contributed by atoms with van der Waals surface area (Å²) in [6.07, 6.45) is 16.4. The van der Waals surface area contributed by atoms with Gasteiger partial charge in [0.1, 0.15) is 0 Å². The van der Waals surface area contributed by atoms with E-state index in [4.69, 9.17) is 0 Å². The highest BCUT2D eigenvalue weighted by molar-refractivity contribution is 6.00. The largest absolute Gasteiger partial charge is 0.0836 e. The Balaban J connectivity index is 0.000000977. The molecule has 6 aromatic carbocycles. The monoisotopic (exact) mass is 877 g/mol. The van der Waals surface area contributed by atoms with E-state index in [0.717, 1.165) is 25.7 Å². The van der Waals surface area contributed by atoms with Crippen LogP contribution in [0, 0.1) is 6.92 Å². The maximum Gasteiger partial charge on any atom is 0.0346 e. The first-order valence-corrected chi connectivity index (χ1v) is 25.5. The molecule has 5 aliphatic rings. The Kier molecular flexibility index (Phi) is 13.8. The SMILES string of the molecule is CC.CC.CC.CC1=C(c2c(C)cccc2-c2cccc(C(C3=CCC=C3c3ccccc3C3=CC4=C(C3)C(C)(C)c3ccccc34)c3cccc4c3C(C)(C)c3ccccc3-4)c2)C=CCC1. The first-order chi connectivity index (χ1) is 32.6. The van der Waals surface area contributed by atoms with Crippen molar-refractivity contribution in [2.75, 3.05) is 0 Å². The first kappa shape index (κ1) is 47.3. The number of hydrogen-bond donors (Lipinski definition) is 0. The predicted molar refractivity (Wildman–Crippen MR) is 294 cm³/mol. The lowest BCUT2D eigenvalue weighted by atomic mass is 9.72. The van der Waals surface area contributed by atoms with Crippen LogP contribution in [0.1, 0.15) is 163 Å². The summed E-state index contributed by atoms with van der Waals surface area (Å²) in [4.78, 5) is 0. The van der Waals surface area contributed by atoms with Gasteiger partial charge in [-0.05, 0) is 151 Å². The van der Waals surface area contributed by atoms with E-state index in [1.165, 1.54) is 111 Å². The number of fused-ring (bicyclic) bond motifs is 5. The maximum absolute atomic E-state index is 2.54. The minimum Gasteiger partial charge on any atom is -0.0836 e. The van der Waals surface area contributed by atoms with E-state index in [0.29, 0.717) is 0 Å². The van der Waals surface area contributed by atoms with Crippen molar-refractivity contribution >= 4 is 22.3 Å². The molecule has 6 aromatic rings. The van der Waals surface area contributed by atoms with Crippen LogP contribution in [0.4, 0.5) is 0 Å². The summed E-state index contributed by atoms with van der Waals surface area (Å²) in [7, 11) is 0. The summed E-state index contributed by atoms with van der Waals surface area (Å²) in [6, 6.07) is 51.0. The molecule has 0 saturated carbocycles. The van der Waals surface area contributed by atoms with Gasteiger partial charge in [-0.3, -0.25) is 0 Å². The second-order valence-corrected chi connectivity index (χ2v) is 19.1. The van der Waals surface area contributed by atoms with Gasteiger partial charge in [0, 0.05) is 16.7 Å². The summed E-state index contributed by atoms with van der Waals surface area (Å²) in [5, 5.41) is 0. The molecule has 11 rings (SSSR count). The average Bonchev–Trinajstić information content (AvgIpc) is 4.14. The molecular formula is C67H72. The van der Waals surface area contributed by atoms with Crippen LogP contribution in [0.25, 0.3) is 44.5 Å². The third-order valence-corrected chi connectivity index (χ3v) is 14.9. The molecule has 1 atom stereocenters. The van der Waals surface area contributed by atoms with Crippen LogP contribution in [0.15, 0.2) is 181 Å². The number of benzene rings is 6. The molecule has 0 fully saturated rings. The van der Waals surface area contributed by atoms with E-state index in [9.17, 15) is 0 Å². The Morgan fingerprint density at radius 2 is 1.15 bits per heavy atom. The molecule has 0 saturated heterocycles. The standard InChI is InChI=1S/C61H54.3C2H6/c1-38-19-7-8-23-43(38)57-39(2)20-15-28-45(57)40-21-16-22-41(35-40)58(52-32-18-31-51-48-26-11-14-34-55(48)61(5,6)59(51)52)50-30-17-29-47(50)46-25-10-9-24-44(46)42-36-53-49-27-12-13-33-54(49)60(3,4)56(53)37-42;3*1-2/h8-16,18,20-36,58H,7,17,19,37H2,1-6H3;3*1-2H3. The quantitative estimate of drug-likeness (QED) is 0.150. The van der Waals surface area contributed by atoms with Gasteiger partial charge in [0.15, 0.2) is 0 Å². The van der Waals surface area contributed by atoms with Crippen molar-refractivity contribution in [1.29, 1.82) is 0 Å². The molecule has 0 N–H and O–H groups in total. The smallest absolute Gasteiger partial charge is 0.0346 e. The second kappa shape index (κ2) is 19.5. The highest BCUT2D eigenvalue weighted by Gasteiger charge is 2.42. The zero-order valence-electron chi connectivity index (χ0n) is 42.5. The third-order valence-electron chi connectivity index (χ3n) is 14.9. The predicted octanol–water partition coefficient (Wildman–Crippen LogP) is 19.2. The summed E-state index contributed by atoms with van der Waals surface area (Å²) in [5.74, 6) is 0.0283. The number of aryl methyl sites for hydroxylation is 1. The van der Waals surface area contributed by atoms with Gasteiger partial charge >= 0.3 is 0 Å². The summed E-state index contributed by atoms with van der Waals surface area (Å²) in [6.45, 7) is 26.3. The van der Waals surface area contributed by atoms with Crippen LogP contribution in [0.3, 0.4) is 0 Å². The molecule has 0 bridgehead atoms. The molecule has 5 aliphatic carbocycles. The molecule has 1 unspecified atom stereocenters. The van der Waals surface area contributed by atoms with Crippen LogP contribution in [0.5, 0.6) is 0 Å². The molecule has 67 heavy (non-hydrogen) atoms. The number of hydrogen-bond acceptors (Lipinski definition) is 0. The van der Waals surface area contributed by atoms with Crippen molar-refractivity contribution in [2.24, 2.45) is 0 Å². The van der Waals surface area contributed by atoms with Crippen LogP contribution in [-0.2, 0) is 10.8 Å². The van der Waals surface area contributed by atoms with Gasteiger partial charge < -0.3 is 0 Å². The molecule has 0 spiro atoms. The Morgan fingerprint density at radius 1 is 0.537 bits per heavy atom. The zero-order chi connectivity index (χ0) is 47.6. The summed E-state index contributed by atoms with van der Waals surface area (Å²) >= 11 is 0. The minimum atomic E-state index is -0.148. The summed E-state index contributed by atoms with van der Waals surface area (Å²) in [5.41, 5.74) is 29.1. The Bertz CT molecular complexity index is 3030. The van der Waals surface area contributed by atoms with Crippen LogP contribution >= 0.6 is 0 Å². The van der Waals surface area contributed by atoms with E-state index < -0.39 is 0 Å². The van der Waals surface area contributed by atoms with Crippen molar-refractivity contribution in [1.82, 2.24) is 0 Å². The van der Waals surface area contributed by atoms with Crippen LogP contribution < -0.4 is 0 Å². The molecule has 0 amide bonds. The van der Waals surface area contributed by atoms with Gasteiger partial charge in [-0.15, -0.1) is 0 Å². The molecule has 0 aliphatic heterocycles. The Hall–Kier alpha value is -6.24. The fraction of sp³-hybridized carbons (Fsp3) is 0.284. The van der Waals surface area contributed by atoms with Crippen molar-refractivity contribution in [3.8, 4) is 22.3 Å². The molecule has 0 nitrogen and oxygen atoms in total. The van der Waals surface area contributed by atoms with Crippen molar-refractivity contribution in [3.05, 3.63) is 236 Å². The lowest BCUT2D eigenvalue weighted by molar-refractivity contribution is 0.629. The fourth-order valence-electron chi connectivity index (χ4n) is 11.9. The van der Waals surface area contributed by atoms with E-state index in [1.54, 1.807) is 5.57 Å². The molecule has 0 heteroatoms. The first-order valence-electron chi connectivity index (χ1n) is 25.5. The Labute approximate surface area is 404 Å². The van der Waals surface area contributed by atoms with E-state index in [2.05, 4.69) is 205 Å². The van der Waals surface area contributed by atoms with Gasteiger partial charge in [0.2, 0.25) is 0 Å². The van der Waals surface area contributed by atoms with Gasteiger partial charge in [-0.2, -0.15) is 0 Å². The van der Waals surface area contributed by atoms with Crippen molar-refractivity contribution in [2.45, 2.75) is 126 Å². The normalized spacial score (nSPS) is 17.0. The second-order valence-electron chi connectivity index (χ2n) is 19.1. The molecular weight excluding hydrogens is 805 g/mol.